The highest BCUT2D eigenvalue weighted by molar-refractivity contribution is 6.67. The molecule has 0 heterocycles. The molecule has 0 bridgehead atoms. The molecule has 0 aromatic rings. The molecule has 0 aromatic carbocycles. The molecule has 0 atom stereocenters. The van der Waals surface area contributed by atoms with Crippen LogP contribution in [0.1, 0.15) is 80.1 Å². The lowest BCUT2D eigenvalue weighted by atomic mass is 10.2. The fraction of sp³-hybridized carbons (Fsp3) is 1.00. The van der Waals surface area contributed by atoms with Crippen LogP contribution in [-0.4, -0.2) is 43.5 Å². The van der Waals surface area contributed by atoms with Crippen molar-refractivity contribution in [3.8, 4) is 0 Å². The van der Waals surface area contributed by atoms with Crippen LogP contribution in [0.3, 0.4) is 0 Å². The molecule has 0 aliphatic rings. The molecule has 0 aromatic heterocycles. The molecule has 158 valence electrons. The summed E-state index contributed by atoms with van der Waals surface area (Å²) in [6, 6.07) is 4.51. The molecule has 0 rings (SSSR count). The van der Waals surface area contributed by atoms with Crippen molar-refractivity contribution in [2.45, 2.75) is 104 Å². The summed E-state index contributed by atoms with van der Waals surface area (Å²) in [6.45, 7) is 16.0. The van der Waals surface area contributed by atoms with E-state index in [1.165, 1.54) is 25.7 Å². The van der Waals surface area contributed by atoms with Gasteiger partial charge in [0.25, 0.3) is 0 Å². The molecule has 4 nitrogen and oxygen atoms in total. The Balaban J connectivity index is 4.35. The molecule has 0 aliphatic carbocycles. The zero-order chi connectivity index (χ0) is 19.7. The van der Waals surface area contributed by atoms with Gasteiger partial charge < -0.3 is 17.7 Å². The fourth-order valence-electron chi connectivity index (χ4n) is 3.87. The molecule has 0 aliphatic heterocycles. The van der Waals surface area contributed by atoms with E-state index >= 15 is 0 Å². The Morgan fingerprint density at radius 2 is 0.731 bits per heavy atom. The average Bonchev–Trinajstić information content (AvgIpc) is 2.59. The average molecular weight is 407 g/mol. The largest absolute Gasteiger partial charge is 0.394 e. The van der Waals surface area contributed by atoms with E-state index in [0.29, 0.717) is 0 Å². The normalized spacial score (nSPS) is 12.7. The first-order chi connectivity index (χ1) is 12.6. The molecule has 0 saturated carbocycles. The van der Waals surface area contributed by atoms with Crippen LogP contribution in [-0.2, 0) is 17.7 Å². The summed E-state index contributed by atoms with van der Waals surface area (Å²) >= 11 is 0. The van der Waals surface area contributed by atoms with Crippen LogP contribution in [0.25, 0.3) is 0 Å². The molecule has 0 spiro atoms. The third-order valence-electron chi connectivity index (χ3n) is 4.76. The van der Waals surface area contributed by atoms with Gasteiger partial charge in [-0.1, -0.05) is 52.4 Å². The quantitative estimate of drug-likeness (QED) is 0.184. The van der Waals surface area contributed by atoms with Gasteiger partial charge in [-0.25, -0.2) is 0 Å². The third-order valence-corrected chi connectivity index (χ3v) is 12.8. The third kappa shape index (κ3) is 10.6. The van der Waals surface area contributed by atoms with Crippen LogP contribution in [0.5, 0.6) is 0 Å². The summed E-state index contributed by atoms with van der Waals surface area (Å²) in [5, 5.41) is 0. The van der Waals surface area contributed by atoms with Crippen LogP contribution in [0.4, 0.5) is 0 Å². The van der Waals surface area contributed by atoms with E-state index in [2.05, 4.69) is 41.5 Å². The molecule has 0 N–H and O–H groups in total. The Morgan fingerprint density at radius 1 is 0.423 bits per heavy atom. The summed E-state index contributed by atoms with van der Waals surface area (Å²) in [7, 11) is -3.94. The second-order valence-corrected chi connectivity index (χ2v) is 13.8. The maximum atomic E-state index is 6.15. The predicted octanol–water partition coefficient (Wildman–Crippen LogP) is 6.40. The van der Waals surface area contributed by atoms with Crippen molar-refractivity contribution in [1.29, 1.82) is 0 Å². The van der Waals surface area contributed by atoms with Gasteiger partial charge in [-0.15, -0.1) is 0 Å². The van der Waals surface area contributed by atoms with Crippen LogP contribution in [0.2, 0.25) is 24.2 Å². The van der Waals surface area contributed by atoms with E-state index in [-0.39, 0.29) is 0 Å². The molecule has 6 heteroatoms. The van der Waals surface area contributed by atoms with Gasteiger partial charge in [0.15, 0.2) is 0 Å². The predicted molar refractivity (Wildman–Crippen MR) is 116 cm³/mol. The minimum atomic E-state index is -1.97. The van der Waals surface area contributed by atoms with Gasteiger partial charge in [0.05, 0.1) is 0 Å². The molecular weight excluding hydrogens is 360 g/mol. The number of hydrogen-bond donors (Lipinski definition) is 0. The number of rotatable bonds is 19. The van der Waals surface area contributed by atoms with Gasteiger partial charge >= 0.3 is 17.1 Å². The second-order valence-electron chi connectivity index (χ2n) is 6.97. The highest BCUT2D eigenvalue weighted by Gasteiger charge is 2.36. The monoisotopic (exact) mass is 406 g/mol. The Kier molecular flexibility index (Phi) is 16.4. The van der Waals surface area contributed by atoms with Crippen molar-refractivity contribution in [3.63, 3.8) is 0 Å². The van der Waals surface area contributed by atoms with Crippen LogP contribution in [0.15, 0.2) is 0 Å². The lowest BCUT2D eigenvalue weighted by Gasteiger charge is -2.30. The minimum absolute atomic E-state index is 0.778. The molecule has 0 radical (unpaired) electrons. The maximum absolute atomic E-state index is 6.15. The Bertz CT molecular complexity index is 252. The Hall–Kier alpha value is 0.274. The Labute approximate surface area is 165 Å². The smallest absolute Gasteiger partial charge is 0.338 e. The van der Waals surface area contributed by atoms with Crippen molar-refractivity contribution >= 4 is 17.1 Å². The van der Waals surface area contributed by atoms with E-state index in [4.69, 9.17) is 17.7 Å². The SMILES string of the molecule is CCC[Si](CCCCCC[Si](CCC)(OCC)OCC)(OCC)OCC. The first-order valence-corrected chi connectivity index (χ1v) is 15.6. The molecule has 26 heavy (non-hydrogen) atoms. The second kappa shape index (κ2) is 16.2. The van der Waals surface area contributed by atoms with Crippen molar-refractivity contribution in [3.05, 3.63) is 0 Å². The molecule has 0 unspecified atom stereocenters. The van der Waals surface area contributed by atoms with Gasteiger partial charge in [-0.3, -0.25) is 0 Å². The van der Waals surface area contributed by atoms with Crippen molar-refractivity contribution in [2.24, 2.45) is 0 Å². The van der Waals surface area contributed by atoms with Crippen molar-refractivity contribution in [1.82, 2.24) is 0 Å². The van der Waals surface area contributed by atoms with Crippen molar-refractivity contribution < 1.29 is 17.7 Å². The minimum Gasteiger partial charge on any atom is -0.394 e. The highest BCUT2D eigenvalue weighted by Crippen LogP contribution is 2.27. The van der Waals surface area contributed by atoms with E-state index in [0.717, 1.165) is 63.4 Å². The lowest BCUT2D eigenvalue weighted by Crippen LogP contribution is -2.42. The van der Waals surface area contributed by atoms with Gasteiger partial charge in [0.2, 0.25) is 0 Å². The van der Waals surface area contributed by atoms with Crippen LogP contribution >= 0.6 is 0 Å². The van der Waals surface area contributed by atoms with Gasteiger partial charge in [0.1, 0.15) is 0 Å². The van der Waals surface area contributed by atoms with E-state index < -0.39 is 17.1 Å². The fourth-order valence-corrected chi connectivity index (χ4v) is 10.9. The summed E-state index contributed by atoms with van der Waals surface area (Å²) in [6.07, 6.45) is 7.26. The van der Waals surface area contributed by atoms with E-state index in [1.807, 2.05) is 0 Å². The topological polar surface area (TPSA) is 36.9 Å². The number of unbranched alkanes of at least 4 members (excludes halogenated alkanes) is 3. The van der Waals surface area contributed by atoms with E-state index in [1.54, 1.807) is 0 Å². The molecule has 0 saturated heterocycles. The Morgan fingerprint density at radius 3 is 0.962 bits per heavy atom. The zero-order valence-electron chi connectivity index (χ0n) is 18.5. The van der Waals surface area contributed by atoms with Gasteiger partial charge in [-0.05, 0) is 51.9 Å². The van der Waals surface area contributed by atoms with Gasteiger partial charge in [0, 0.05) is 26.4 Å². The highest BCUT2D eigenvalue weighted by atomic mass is 28.4. The first-order valence-electron chi connectivity index (χ1n) is 11.1. The molecular formula is C20H46O4Si2. The molecule has 0 amide bonds. The number of hydrogen-bond acceptors (Lipinski definition) is 4. The maximum Gasteiger partial charge on any atom is 0.338 e. The summed E-state index contributed by atoms with van der Waals surface area (Å²) < 4.78 is 24.6. The summed E-state index contributed by atoms with van der Waals surface area (Å²) in [5.41, 5.74) is 0. The van der Waals surface area contributed by atoms with E-state index in [9.17, 15) is 0 Å². The van der Waals surface area contributed by atoms with Crippen LogP contribution < -0.4 is 0 Å². The van der Waals surface area contributed by atoms with Crippen molar-refractivity contribution in [2.75, 3.05) is 26.4 Å². The summed E-state index contributed by atoms with van der Waals surface area (Å²) in [5.74, 6) is 0. The first kappa shape index (κ1) is 26.3. The van der Waals surface area contributed by atoms with Gasteiger partial charge in [-0.2, -0.15) is 0 Å². The molecule has 0 fully saturated rings. The standard InChI is InChI=1S/C20H46O4Si2/c1-7-17-25(21-9-3,22-10-4)19-15-13-14-16-20-26(18-8-2,23-11-5)24-12-6/h7-20H2,1-6H3. The summed E-state index contributed by atoms with van der Waals surface area (Å²) in [4.78, 5) is 0. The zero-order valence-corrected chi connectivity index (χ0v) is 20.5. The lowest BCUT2D eigenvalue weighted by molar-refractivity contribution is 0.179. The van der Waals surface area contributed by atoms with Crippen LogP contribution in [0, 0.1) is 0 Å².